The summed E-state index contributed by atoms with van der Waals surface area (Å²) in [6, 6.07) is 5.68. The number of aliphatic carboxylic acids is 1. The van der Waals surface area contributed by atoms with Crippen LogP contribution in [0.2, 0.25) is 0 Å². The van der Waals surface area contributed by atoms with Gasteiger partial charge in [-0.1, -0.05) is 0 Å². The molecule has 1 aromatic carbocycles. The summed E-state index contributed by atoms with van der Waals surface area (Å²) >= 11 is 0. The minimum Gasteiger partial charge on any atom is -0.494 e. The lowest BCUT2D eigenvalue weighted by atomic mass is 10.2. The van der Waals surface area contributed by atoms with E-state index in [4.69, 9.17) is 9.84 Å². The fourth-order valence-electron chi connectivity index (χ4n) is 1.79. The first-order valence-corrected chi connectivity index (χ1v) is 6.91. The second-order valence-electron chi connectivity index (χ2n) is 4.52. The zero-order valence-electron chi connectivity index (χ0n) is 12.0. The number of ether oxygens (including phenoxy) is 1. The van der Waals surface area contributed by atoms with Crippen LogP contribution in [0.15, 0.2) is 24.3 Å². The maximum atomic E-state index is 12.7. The minimum atomic E-state index is -0.916. The van der Waals surface area contributed by atoms with Crippen molar-refractivity contribution in [3.8, 4) is 5.75 Å². The third-order valence-electron chi connectivity index (χ3n) is 2.95. The molecule has 0 unspecified atom stereocenters. The summed E-state index contributed by atoms with van der Waals surface area (Å²) in [7, 11) is 0. The highest BCUT2D eigenvalue weighted by Crippen LogP contribution is 2.11. The van der Waals surface area contributed by atoms with Gasteiger partial charge < -0.3 is 14.7 Å². The van der Waals surface area contributed by atoms with Crippen LogP contribution in [0.3, 0.4) is 0 Å². The minimum absolute atomic E-state index is 0.0499. The predicted molar refractivity (Wildman–Crippen MR) is 75.6 cm³/mol. The lowest BCUT2D eigenvalue weighted by molar-refractivity contribution is -0.138. The van der Waals surface area contributed by atoms with E-state index in [1.807, 2.05) is 6.92 Å². The van der Waals surface area contributed by atoms with Crippen molar-refractivity contribution in [3.63, 3.8) is 0 Å². The van der Waals surface area contributed by atoms with Gasteiger partial charge in [0.1, 0.15) is 11.6 Å². The quantitative estimate of drug-likeness (QED) is 0.710. The van der Waals surface area contributed by atoms with E-state index in [0.717, 1.165) is 0 Å². The molecule has 1 N–H and O–H groups in total. The van der Waals surface area contributed by atoms with Crippen LogP contribution in [0.25, 0.3) is 0 Å². The van der Waals surface area contributed by atoms with Gasteiger partial charge in [0.15, 0.2) is 0 Å². The van der Waals surface area contributed by atoms with Crippen LogP contribution in [0.1, 0.15) is 26.2 Å². The van der Waals surface area contributed by atoms with Gasteiger partial charge in [-0.3, -0.25) is 9.59 Å². The van der Waals surface area contributed by atoms with Crippen LogP contribution >= 0.6 is 0 Å². The number of carboxylic acids is 1. The smallest absolute Gasteiger partial charge is 0.305 e. The molecular weight excluding hydrogens is 277 g/mol. The molecule has 0 aliphatic heterocycles. The Morgan fingerprint density at radius 2 is 1.90 bits per heavy atom. The summed E-state index contributed by atoms with van der Waals surface area (Å²) < 4.78 is 18.1. The summed E-state index contributed by atoms with van der Waals surface area (Å²) in [6.45, 7) is 2.89. The molecule has 0 spiro atoms. The van der Waals surface area contributed by atoms with Crippen LogP contribution in [0.4, 0.5) is 4.39 Å². The Bertz CT molecular complexity index is 461. The number of hydrogen-bond acceptors (Lipinski definition) is 3. The van der Waals surface area contributed by atoms with Crippen molar-refractivity contribution in [1.29, 1.82) is 0 Å². The molecule has 116 valence electrons. The summed E-state index contributed by atoms with van der Waals surface area (Å²) in [6.07, 6.45) is 0.778. The zero-order valence-corrected chi connectivity index (χ0v) is 12.0. The molecule has 1 aromatic rings. The molecule has 0 aromatic heterocycles. The Kier molecular flexibility index (Phi) is 7.21. The van der Waals surface area contributed by atoms with Gasteiger partial charge in [-0.15, -0.1) is 0 Å². The molecular formula is C15H20FNO4. The summed E-state index contributed by atoms with van der Waals surface area (Å²) in [5.41, 5.74) is 0. The number of amides is 1. The van der Waals surface area contributed by atoms with Gasteiger partial charge in [-0.25, -0.2) is 4.39 Å². The second-order valence-corrected chi connectivity index (χ2v) is 4.52. The molecule has 0 radical (unpaired) electrons. The molecule has 1 rings (SSSR count). The first-order chi connectivity index (χ1) is 10.0. The molecule has 0 fully saturated rings. The average Bonchev–Trinajstić information content (AvgIpc) is 2.46. The number of hydrogen-bond donors (Lipinski definition) is 1. The van der Waals surface area contributed by atoms with Crippen LogP contribution in [0, 0.1) is 5.82 Å². The van der Waals surface area contributed by atoms with Crippen molar-refractivity contribution in [3.05, 3.63) is 30.1 Å². The number of benzene rings is 1. The Labute approximate surface area is 123 Å². The van der Waals surface area contributed by atoms with Gasteiger partial charge in [0.2, 0.25) is 5.91 Å². The van der Waals surface area contributed by atoms with Gasteiger partial charge in [0.05, 0.1) is 13.0 Å². The highest BCUT2D eigenvalue weighted by molar-refractivity contribution is 5.77. The Balaban J connectivity index is 2.25. The van der Waals surface area contributed by atoms with Crippen molar-refractivity contribution in [2.45, 2.75) is 26.2 Å². The van der Waals surface area contributed by atoms with Crippen molar-refractivity contribution in [1.82, 2.24) is 4.90 Å². The van der Waals surface area contributed by atoms with E-state index in [1.54, 1.807) is 0 Å². The lowest BCUT2D eigenvalue weighted by Crippen LogP contribution is -2.32. The van der Waals surface area contributed by atoms with Gasteiger partial charge in [0, 0.05) is 19.5 Å². The first-order valence-electron chi connectivity index (χ1n) is 6.91. The van der Waals surface area contributed by atoms with Gasteiger partial charge in [-0.2, -0.15) is 0 Å². The SMILES string of the molecule is CCN(CCC(=O)O)C(=O)CCCOc1ccc(F)cc1. The van der Waals surface area contributed by atoms with Crippen LogP contribution in [0.5, 0.6) is 5.75 Å². The molecule has 0 saturated heterocycles. The van der Waals surface area contributed by atoms with Crippen LogP contribution in [-0.2, 0) is 9.59 Å². The third-order valence-corrected chi connectivity index (χ3v) is 2.95. The molecule has 6 heteroatoms. The standard InChI is InChI=1S/C15H20FNO4/c1-2-17(10-9-15(19)20)14(18)4-3-11-21-13-7-5-12(16)6-8-13/h5-8H,2-4,9-11H2,1H3,(H,19,20). The zero-order chi connectivity index (χ0) is 15.7. The molecule has 0 aliphatic carbocycles. The number of nitrogens with zero attached hydrogens (tertiary/aromatic N) is 1. The monoisotopic (exact) mass is 297 g/mol. The third kappa shape index (κ3) is 6.74. The first kappa shape index (κ1) is 16.9. The van der Waals surface area contributed by atoms with Gasteiger partial charge in [0.25, 0.3) is 0 Å². The fourth-order valence-corrected chi connectivity index (χ4v) is 1.79. The van der Waals surface area contributed by atoms with E-state index < -0.39 is 5.97 Å². The van der Waals surface area contributed by atoms with E-state index in [9.17, 15) is 14.0 Å². The molecule has 21 heavy (non-hydrogen) atoms. The topological polar surface area (TPSA) is 66.8 Å². The van der Waals surface area contributed by atoms with Crippen LogP contribution in [-0.4, -0.2) is 41.6 Å². The maximum absolute atomic E-state index is 12.7. The number of rotatable bonds is 9. The van der Waals surface area contributed by atoms with E-state index in [2.05, 4.69) is 0 Å². The van der Waals surface area contributed by atoms with E-state index in [0.29, 0.717) is 31.7 Å². The highest BCUT2D eigenvalue weighted by atomic mass is 19.1. The molecule has 0 bridgehead atoms. The molecule has 0 atom stereocenters. The molecule has 1 amide bonds. The maximum Gasteiger partial charge on any atom is 0.305 e. The normalized spacial score (nSPS) is 10.2. The molecule has 0 heterocycles. The Morgan fingerprint density at radius 3 is 2.48 bits per heavy atom. The molecule has 0 aliphatic rings. The number of carbonyl (C=O) groups is 2. The van der Waals surface area contributed by atoms with E-state index in [1.165, 1.54) is 29.2 Å². The second kappa shape index (κ2) is 8.94. The average molecular weight is 297 g/mol. The number of halogens is 1. The largest absolute Gasteiger partial charge is 0.494 e. The predicted octanol–water partition coefficient (Wildman–Crippen LogP) is 2.31. The van der Waals surface area contributed by atoms with Crippen molar-refractivity contribution in [2.24, 2.45) is 0 Å². The highest BCUT2D eigenvalue weighted by Gasteiger charge is 2.12. The van der Waals surface area contributed by atoms with Crippen molar-refractivity contribution >= 4 is 11.9 Å². The van der Waals surface area contributed by atoms with E-state index in [-0.39, 0.29) is 24.7 Å². The Morgan fingerprint density at radius 1 is 1.24 bits per heavy atom. The number of carbonyl (C=O) groups excluding carboxylic acids is 1. The van der Waals surface area contributed by atoms with Crippen molar-refractivity contribution < 1.29 is 23.8 Å². The molecule has 0 saturated carbocycles. The lowest BCUT2D eigenvalue weighted by Gasteiger charge is -2.19. The summed E-state index contributed by atoms with van der Waals surface area (Å²) in [4.78, 5) is 23.9. The van der Waals surface area contributed by atoms with Gasteiger partial charge in [-0.05, 0) is 37.6 Å². The van der Waals surface area contributed by atoms with Crippen molar-refractivity contribution in [2.75, 3.05) is 19.7 Å². The van der Waals surface area contributed by atoms with Crippen LogP contribution < -0.4 is 4.74 Å². The molecule has 5 nitrogen and oxygen atoms in total. The van der Waals surface area contributed by atoms with E-state index >= 15 is 0 Å². The van der Waals surface area contributed by atoms with Gasteiger partial charge >= 0.3 is 5.97 Å². The summed E-state index contributed by atoms with van der Waals surface area (Å²) in [5, 5.41) is 8.61. The fraction of sp³-hybridized carbons (Fsp3) is 0.467. The number of carboxylic acid groups (broad SMARTS) is 1. The Hall–Kier alpha value is -2.11. The summed E-state index contributed by atoms with van der Waals surface area (Å²) in [5.74, 6) is -0.765.